The Hall–Kier alpha value is -1.36. The van der Waals surface area contributed by atoms with Gasteiger partial charge in [-0.25, -0.2) is 4.79 Å². The predicted octanol–water partition coefficient (Wildman–Crippen LogP) is -0.466. The summed E-state index contributed by atoms with van der Waals surface area (Å²) in [4.78, 5) is 25.3. The monoisotopic (exact) mass is 143 g/mol. The van der Waals surface area contributed by atoms with Crippen molar-refractivity contribution in [1.82, 2.24) is 16.1 Å². The average molecular weight is 143 g/mol. The summed E-state index contributed by atoms with van der Waals surface area (Å²) in [5.74, 6) is 0. The molecule has 0 bridgehead atoms. The molecule has 1 rings (SSSR count). The molecule has 0 fully saturated rings. The molecular formula is C5H9N3O2. The predicted molar refractivity (Wildman–Crippen MR) is 37.4 cm³/mol. The zero-order chi connectivity index (χ0) is 6.85. The van der Waals surface area contributed by atoms with Crippen molar-refractivity contribution in [3.8, 4) is 0 Å². The van der Waals surface area contributed by atoms with E-state index in [0.717, 1.165) is 0 Å². The maximum absolute atomic E-state index is 10.6. The van der Waals surface area contributed by atoms with Crippen molar-refractivity contribution in [2.24, 2.45) is 0 Å². The molecule has 0 spiro atoms. The third kappa shape index (κ3) is 1.56. The molecule has 0 unspecified atom stereocenters. The van der Waals surface area contributed by atoms with Crippen molar-refractivity contribution >= 4 is 0 Å². The lowest BCUT2D eigenvalue weighted by atomic mass is 10.4. The molecule has 0 saturated carbocycles. The zero-order valence-corrected chi connectivity index (χ0v) is 5.60. The number of nitrogens with one attached hydrogen (secondary N) is 2. The van der Waals surface area contributed by atoms with Crippen LogP contribution in [0.25, 0.3) is 0 Å². The van der Waals surface area contributed by atoms with Gasteiger partial charge >= 0.3 is 5.69 Å². The lowest BCUT2D eigenvalue weighted by Crippen LogP contribution is -2.22. The molecule has 0 atom stereocenters. The average Bonchev–Trinajstić information content (AvgIpc) is 1.80. The van der Waals surface area contributed by atoms with Crippen LogP contribution >= 0.6 is 0 Å². The first kappa shape index (κ1) is 8.64. The van der Waals surface area contributed by atoms with Crippen LogP contribution in [0.3, 0.4) is 0 Å². The van der Waals surface area contributed by atoms with E-state index < -0.39 is 5.69 Å². The summed E-state index contributed by atoms with van der Waals surface area (Å²) in [6, 6.07) is 0. The molecule has 0 aliphatic carbocycles. The lowest BCUT2D eigenvalue weighted by molar-refractivity contribution is 1.01. The van der Waals surface area contributed by atoms with Crippen LogP contribution in [0.2, 0.25) is 0 Å². The SMILES string of the molecule is Cc1c[nH]c(=O)[nH]c1=O.N. The molecule has 5 N–H and O–H groups in total. The Kier molecular flexibility index (Phi) is 2.57. The summed E-state index contributed by atoms with van der Waals surface area (Å²) in [6.07, 6.45) is 1.38. The number of H-pyrrole nitrogens is 2. The van der Waals surface area contributed by atoms with E-state index in [9.17, 15) is 9.59 Å². The lowest BCUT2D eigenvalue weighted by Gasteiger charge is -1.84. The van der Waals surface area contributed by atoms with E-state index in [4.69, 9.17) is 0 Å². The second kappa shape index (κ2) is 2.98. The summed E-state index contributed by atoms with van der Waals surface area (Å²) in [6.45, 7) is 1.62. The molecule has 0 saturated heterocycles. The minimum atomic E-state index is -0.467. The van der Waals surface area contributed by atoms with Gasteiger partial charge in [-0.1, -0.05) is 0 Å². The van der Waals surface area contributed by atoms with Crippen molar-refractivity contribution < 1.29 is 0 Å². The summed E-state index contributed by atoms with van der Waals surface area (Å²) in [5, 5.41) is 0. The molecule has 5 nitrogen and oxygen atoms in total. The second-order valence-electron chi connectivity index (χ2n) is 1.75. The molecule has 0 radical (unpaired) electrons. The number of rotatable bonds is 0. The van der Waals surface area contributed by atoms with Crippen LogP contribution in [0.15, 0.2) is 15.8 Å². The van der Waals surface area contributed by atoms with E-state index in [1.165, 1.54) is 6.20 Å². The molecule has 0 amide bonds. The molecule has 0 aliphatic heterocycles. The van der Waals surface area contributed by atoms with Gasteiger partial charge in [-0.05, 0) is 6.92 Å². The van der Waals surface area contributed by atoms with Crippen LogP contribution in [0, 0.1) is 6.92 Å². The Labute approximate surface area is 56.7 Å². The maximum atomic E-state index is 10.6. The smallest absolute Gasteiger partial charge is 0.325 e. The molecule has 56 valence electrons. The van der Waals surface area contributed by atoms with Gasteiger partial charge < -0.3 is 11.1 Å². The normalized spacial score (nSPS) is 8.50. The van der Waals surface area contributed by atoms with E-state index >= 15 is 0 Å². The first-order valence-electron chi connectivity index (χ1n) is 2.49. The highest BCUT2D eigenvalue weighted by atomic mass is 16.2. The quantitative estimate of drug-likeness (QED) is 0.457. The fourth-order valence-corrected chi connectivity index (χ4v) is 0.477. The summed E-state index contributed by atoms with van der Waals surface area (Å²) in [5.41, 5.74) is -0.293. The van der Waals surface area contributed by atoms with Gasteiger partial charge in [-0.2, -0.15) is 0 Å². The minimum absolute atomic E-state index is 0. The molecule has 0 aliphatic rings. The Balaban J connectivity index is 0.000000810. The Morgan fingerprint density at radius 3 is 2.40 bits per heavy atom. The van der Waals surface area contributed by atoms with Gasteiger partial charge in [0.25, 0.3) is 5.56 Å². The van der Waals surface area contributed by atoms with Crippen LogP contribution < -0.4 is 17.4 Å². The number of hydrogen-bond acceptors (Lipinski definition) is 3. The van der Waals surface area contributed by atoms with Crippen LogP contribution in [0.1, 0.15) is 5.56 Å². The molecule has 5 heteroatoms. The van der Waals surface area contributed by atoms with Gasteiger partial charge in [0, 0.05) is 11.8 Å². The van der Waals surface area contributed by atoms with E-state index in [2.05, 4.69) is 9.97 Å². The van der Waals surface area contributed by atoms with Crippen molar-refractivity contribution in [2.45, 2.75) is 6.92 Å². The molecule has 1 heterocycles. The van der Waals surface area contributed by atoms with Crippen LogP contribution in [-0.2, 0) is 0 Å². The Morgan fingerprint density at radius 2 is 2.00 bits per heavy atom. The van der Waals surface area contributed by atoms with E-state index in [-0.39, 0.29) is 11.7 Å². The largest absolute Gasteiger partial charge is 0.344 e. The van der Waals surface area contributed by atoms with Gasteiger partial charge in [0.1, 0.15) is 0 Å². The van der Waals surface area contributed by atoms with E-state index in [0.29, 0.717) is 5.56 Å². The standard InChI is InChI=1S/C5H6N2O2.H3N/c1-3-2-6-5(9)7-4(3)8;/h2H,1H3,(H2,6,7,8,9);1H3. The Morgan fingerprint density at radius 1 is 1.40 bits per heavy atom. The second-order valence-corrected chi connectivity index (χ2v) is 1.75. The highest BCUT2D eigenvalue weighted by molar-refractivity contribution is 4.98. The summed E-state index contributed by atoms with van der Waals surface area (Å²) >= 11 is 0. The first-order valence-corrected chi connectivity index (χ1v) is 2.49. The fourth-order valence-electron chi connectivity index (χ4n) is 0.477. The number of aryl methyl sites for hydroxylation is 1. The maximum Gasteiger partial charge on any atom is 0.325 e. The zero-order valence-electron chi connectivity index (χ0n) is 5.60. The van der Waals surface area contributed by atoms with E-state index in [1.807, 2.05) is 0 Å². The molecule has 10 heavy (non-hydrogen) atoms. The topological polar surface area (TPSA) is 101 Å². The highest BCUT2D eigenvalue weighted by Gasteiger charge is 1.88. The van der Waals surface area contributed by atoms with Gasteiger partial charge in [0.15, 0.2) is 0 Å². The number of hydrogen-bond donors (Lipinski definition) is 3. The van der Waals surface area contributed by atoms with Gasteiger partial charge in [-0.15, -0.1) is 0 Å². The van der Waals surface area contributed by atoms with Crippen molar-refractivity contribution in [1.29, 1.82) is 0 Å². The molecule has 1 aromatic heterocycles. The number of aromatic nitrogens is 2. The molecule has 1 aromatic rings. The summed E-state index contributed by atoms with van der Waals surface area (Å²) in [7, 11) is 0. The summed E-state index contributed by atoms with van der Waals surface area (Å²) < 4.78 is 0. The van der Waals surface area contributed by atoms with Crippen molar-refractivity contribution in [2.75, 3.05) is 0 Å². The fraction of sp³-hybridized carbons (Fsp3) is 0.200. The van der Waals surface area contributed by atoms with Gasteiger partial charge in [0.05, 0.1) is 0 Å². The highest BCUT2D eigenvalue weighted by Crippen LogP contribution is 1.73. The van der Waals surface area contributed by atoms with Crippen LogP contribution in [0.5, 0.6) is 0 Å². The van der Waals surface area contributed by atoms with Crippen LogP contribution in [0.4, 0.5) is 0 Å². The van der Waals surface area contributed by atoms with Crippen molar-refractivity contribution in [3.63, 3.8) is 0 Å². The third-order valence-corrected chi connectivity index (χ3v) is 1.00. The van der Waals surface area contributed by atoms with Gasteiger partial charge in [0.2, 0.25) is 0 Å². The Bertz CT molecular complexity index is 311. The molecular weight excluding hydrogens is 134 g/mol. The number of aromatic amines is 2. The van der Waals surface area contributed by atoms with Gasteiger partial charge in [-0.3, -0.25) is 9.78 Å². The first-order chi connectivity index (χ1) is 4.20. The van der Waals surface area contributed by atoms with Crippen LogP contribution in [-0.4, -0.2) is 9.97 Å². The third-order valence-electron chi connectivity index (χ3n) is 1.00. The molecule has 0 aromatic carbocycles. The minimum Gasteiger partial charge on any atom is -0.344 e. The van der Waals surface area contributed by atoms with Crippen molar-refractivity contribution in [3.05, 3.63) is 32.6 Å². The van der Waals surface area contributed by atoms with E-state index in [1.54, 1.807) is 6.92 Å².